The number of rotatable bonds is 3. The van der Waals surface area contributed by atoms with E-state index < -0.39 is 41.0 Å². The molecule has 0 aromatic rings. The Morgan fingerprint density at radius 2 is 1.89 bits per heavy atom. The topological polar surface area (TPSA) is 66.8 Å². The van der Waals surface area contributed by atoms with Crippen molar-refractivity contribution >= 4 is 5.97 Å². The molecule has 104 valence electrons. The van der Waals surface area contributed by atoms with Crippen molar-refractivity contribution in [2.75, 3.05) is 6.61 Å². The minimum absolute atomic E-state index is 0.121. The first-order chi connectivity index (χ1) is 8.02. The Labute approximate surface area is 104 Å². The van der Waals surface area contributed by atoms with Crippen LogP contribution in [0.2, 0.25) is 0 Å². The van der Waals surface area contributed by atoms with E-state index >= 15 is 0 Å². The number of aliphatic hydroxyl groups excluding tert-OH is 2. The van der Waals surface area contributed by atoms with Gasteiger partial charge in [-0.25, -0.2) is 8.78 Å². The van der Waals surface area contributed by atoms with E-state index in [-0.39, 0.29) is 12.8 Å². The normalized spacial score (nSPS) is 38.4. The van der Waals surface area contributed by atoms with E-state index in [9.17, 15) is 18.7 Å². The molecule has 0 aliphatic heterocycles. The average molecular weight is 264 g/mol. The van der Waals surface area contributed by atoms with Crippen molar-refractivity contribution in [3.05, 3.63) is 0 Å². The summed E-state index contributed by atoms with van der Waals surface area (Å²) in [6.07, 6.45) is -1.73. The molecule has 0 spiro atoms. The van der Waals surface area contributed by atoms with Crippen molar-refractivity contribution in [2.24, 2.45) is 10.8 Å². The summed E-state index contributed by atoms with van der Waals surface area (Å²) >= 11 is 0. The zero-order chi connectivity index (χ0) is 14.0. The van der Waals surface area contributed by atoms with Crippen LogP contribution < -0.4 is 0 Å². The second-order valence-electron chi connectivity index (χ2n) is 6.37. The van der Waals surface area contributed by atoms with Gasteiger partial charge in [0, 0.05) is 0 Å². The van der Waals surface area contributed by atoms with Crippen molar-refractivity contribution < 1.29 is 28.5 Å². The lowest BCUT2D eigenvalue weighted by atomic mass is 9.30. The standard InChI is InChI=1S/C12H18F2O4/c1-9(2,3)18-8(17)11-5-10(6-11,7(16)4-15)12(11,13)14/h7,15-16H,4-6H2,1-3H3. The van der Waals surface area contributed by atoms with Gasteiger partial charge in [-0.15, -0.1) is 0 Å². The molecule has 1 unspecified atom stereocenters. The Hall–Kier alpha value is -0.750. The molecule has 0 aromatic heterocycles. The first kappa shape index (κ1) is 13.7. The number of hydrogen-bond donors (Lipinski definition) is 2. The average Bonchev–Trinajstić information content (AvgIpc) is 2.12. The van der Waals surface area contributed by atoms with Crippen molar-refractivity contribution in [1.29, 1.82) is 0 Å². The largest absolute Gasteiger partial charge is 0.459 e. The lowest BCUT2D eigenvalue weighted by Crippen LogP contribution is -2.85. The molecule has 3 aliphatic rings. The third-order valence-electron chi connectivity index (χ3n) is 4.06. The summed E-state index contributed by atoms with van der Waals surface area (Å²) in [5, 5.41) is 18.3. The van der Waals surface area contributed by atoms with Crippen LogP contribution >= 0.6 is 0 Å². The summed E-state index contributed by atoms with van der Waals surface area (Å²) in [5.41, 5.74) is -4.25. The van der Waals surface area contributed by atoms with Gasteiger partial charge in [-0.2, -0.15) is 0 Å². The van der Waals surface area contributed by atoms with Crippen LogP contribution in [0.25, 0.3) is 0 Å². The summed E-state index contributed by atoms with van der Waals surface area (Å²) in [6.45, 7) is 4.13. The van der Waals surface area contributed by atoms with Gasteiger partial charge >= 0.3 is 5.97 Å². The Balaban J connectivity index is 2.14. The number of esters is 1. The fraction of sp³-hybridized carbons (Fsp3) is 0.917. The summed E-state index contributed by atoms with van der Waals surface area (Å²) in [5.74, 6) is -4.21. The van der Waals surface area contributed by atoms with Crippen LogP contribution in [0.5, 0.6) is 0 Å². The van der Waals surface area contributed by atoms with Gasteiger partial charge in [-0.1, -0.05) is 0 Å². The van der Waals surface area contributed by atoms with Crippen molar-refractivity contribution in [2.45, 2.75) is 51.2 Å². The molecule has 3 saturated carbocycles. The fourth-order valence-electron chi connectivity index (χ4n) is 3.00. The lowest BCUT2D eigenvalue weighted by molar-refractivity contribution is -0.424. The van der Waals surface area contributed by atoms with Crippen LogP contribution in [0.3, 0.4) is 0 Å². The first-order valence-electron chi connectivity index (χ1n) is 5.93. The van der Waals surface area contributed by atoms with E-state index in [0.717, 1.165) is 0 Å². The molecule has 0 heterocycles. The fourth-order valence-corrected chi connectivity index (χ4v) is 3.00. The van der Waals surface area contributed by atoms with Crippen molar-refractivity contribution in [3.8, 4) is 0 Å². The molecular weight excluding hydrogens is 246 g/mol. The van der Waals surface area contributed by atoms with Crippen LogP contribution in [-0.4, -0.2) is 40.4 Å². The molecule has 2 bridgehead atoms. The Bertz CT molecular complexity index is 380. The lowest BCUT2D eigenvalue weighted by Gasteiger charge is -2.74. The van der Waals surface area contributed by atoms with Crippen LogP contribution in [0.1, 0.15) is 33.6 Å². The maximum Gasteiger partial charge on any atom is 0.318 e. The molecule has 3 fully saturated rings. The van der Waals surface area contributed by atoms with Crippen molar-refractivity contribution in [3.63, 3.8) is 0 Å². The van der Waals surface area contributed by atoms with Crippen LogP contribution in [0.15, 0.2) is 0 Å². The second-order valence-corrected chi connectivity index (χ2v) is 6.37. The van der Waals surface area contributed by atoms with E-state index in [1.807, 2.05) is 0 Å². The number of halogens is 2. The molecule has 6 heteroatoms. The Morgan fingerprint density at radius 1 is 1.39 bits per heavy atom. The Kier molecular flexibility index (Phi) is 2.60. The molecule has 4 nitrogen and oxygen atoms in total. The molecule has 18 heavy (non-hydrogen) atoms. The van der Waals surface area contributed by atoms with Gasteiger partial charge in [0.05, 0.1) is 18.1 Å². The predicted molar refractivity (Wildman–Crippen MR) is 58.0 cm³/mol. The van der Waals surface area contributed by atoms with Crippen molar-refractivity contribution in [1.82, 2.24) is 0 Å². The van der Waals surface area contributed by atoms with Gasteiger partial charge in [0.15, 0.2) is 0 Å². The highest BCUT2D eigenvalue weighted by Crippen LogP contribution is 2.83. The highest BCUT2D eigenvalue weighted by Gasteiger charge is 2.93. The molecule has 0 saturated heterocycles. The highest BCUT2D eigenvalue weighted by atomic mass is 19.3. The number of ether oxygens (including phenoxy) is 1. The van der Waals surface area contributed by atoms with E-state index in [1.54, 1.807) is 20.8 Å². The smallest absolute Gasteiger partial charge is 0.318 e. The minimum Gasteiger partial charge on any atom is -0.459 e. The molecule has 1 atom stereocenters. The first-order valence-corrected chi connectivity index (χ1v) is 5.93. The van der Waals surface area contributed by atoms with E-state index in [1.165, 1.54) is 0 Å². The van der Waals surface area contributed by atoms with Gasteiger partial charge < -0.3 is 14.9 Å². The van der Waals surface area contributed by atoms with Gasteiger partial charge in [-0.3, -0.25) is 4.79 Å². The quantitative estimate of drug-likeness (QED) is 0.749. The maximum absolute atomic E-state index is 14.0. The van der Waals surface area contributed by atoms with E-state index in [2.05, 4.69) is 0 Å². The third-order valence-corrected chi connectivity index (χ3v) is 4.06. The molecule has 2 N–H and O–H groups in total. The SMILES string of the molecule is CC(C)(C)OC(=O)C12CC(C(O)CO)(C1)C2(F)F. The monoisotopic (exact) mass is 264 g/mol. The van der Waals surface area contributed by atoms with Crippen LogP contribution in [0.4, 0.5) is 8.78 Å². The van der Waals surface area contributed by atoms with Crippen LogP contribution in [0, 0.1) is 10.8 Å². The number of aliphatic hydroxyl groups is 2. The number of carbonyl (C=O) groups is 1. The predicted octanol–water partition coefficient (Wildman–Crippen LogP) is 1.10. The second kappa shape index (κ2) is 3.42. The number of hydrogen-bond acceptors (Lipinski definition) is 4. The molecule has 0 amide bonds. The molecular formula is C12H18F2O4. The van der Waals surface area contributed by atoms with Gasteiger partial charge in [0.2, 0.25) is 0 Å². The summed E-state index contributed by atoms with van der Waals surface area (Å²) in [7, 11) is 0. The van der Waals surface area contributed by atoms with E-state index in [0.29, 0.717) is 0 Å². The summed E-state index contributed by atoms with van der Waals surface area (Å²) < 4.78 is 33.0. The van der Waals surface area contributed by atoms with Gasteiger partial charge in [-0.05, 0) is 33.6 Å². The third kappa shape index (κ3) is 1.33. The molecule has 0 aromatic carbocycles. The maximum atomic E-state index is 14.0. The summed E-state index contributed by atoms with van der Waals surface area (Å²) in [4.78, 5) is 11.8. The zero-order valence-corrected chi connectivity index (χ0v) is 10.7. The van der Waals surface area contributed by atoms with Crippen LogP contribution in [-0.2, 0) is 9.53 Å². The zero-order valence-electron chi connectivity index (χ0n) is 10.7. The molecule has 0 radical (unpaired) electrons. The Morgan fingerprint density at radius 3 is 2.22 bits per heavy atom. The molecule has 3 aliphatic carbocycles. The minimum atomic E-state index is -3.30. The van der Waals surface area contributed by atoms with Gasteiger partial charge in [0.25, 0.3) is 5.92 Å². The number of carbonyl (C=O) groups excluding carboxylic acids is 1. The molecule has 3 rings (SSSR count). The summed E-state index contributed by atoms with van der Waals surface area (Å²) in [6, 6.07) is 0. The highest BCUT2D eigenvalue weighted by molar-refractivity contribution is 5.84. The number of alkyl halides is 2. The van der Waals surface area contributed by atoms with E-state index in [4.69, 9.17) is 9.84 Å². The van der Waals surface area contributed by atoms with Gasteiger partial charge in [0.1, 0.15) is 11.0 Å².